The molecule has 3 rings (SSSR count). The molecule has 2 saturated heterocycles. The van der Waals surface area contributed by atoms with Gasteiger partial charge in [-0.2, -0.15) is 0 Å². The number of rotatable bonds is 3. The Morgan fingerprint density at radius 1 is 1.00 bits per heavy atom. The van der Waals surface area contributed by atoms with Crippen LogP contribution < -0.4 is 9.80 Å². The van der Waals surface area contributed by atoms with E-state index in [0.29, 0.717) is 19.7 Å². The Hall–Kier alpha value is -2.05. The Morgan fingerprint density at radius 2 is 1.58 bits per heavy atom. The molecule has 0 aliphatic carbocycles. The average molecular weight is 333 g/mol. The lowest BCUT2D eigenvalue weighted by Crippen LogP contribution is -2.49. The van der Waals surface area contributed by atoms with Gasteiger partial charge in [0.1, 0.15) is 17.5 Å². The summed E-state index contributed by atoms with van der Waals surface area (Å²) in [6.07, 6.45) is 3.56. The van der Waals surface area contributed by atoms with Gasteiger partial charge in [-0.25, -0.2) is 14.8 Å². The molecule has 0 radical (unpaired) electrons. The van der Waals surface area contributed by atoms with Crippen molar-refractivity contribution in [3.05, 3.63) is 11.9 Å². The lowest BCUT2D eigenvalue weighted by Gasteiger charge is -2.35. The largest absolute Gasteiger partial charge is 0.450 e. The van der Waals surface area contributed by atoms with E-state index in [9.17, 15) is 4.79 Å². The molecule has 1 aromatic heterocycles. The van der Waals surface area contributed by atoms with Gasteiger partial charge in [-0.1, -0.05) is 0 Å². The molecule has 0 N–H and O–H groups in total. The van der Waals surface area contributed by atoms with E-state index in [2.05, 4.69) is 25.8 Å². The van der Waals surface area contributed by atoms with Crippen LogP contribution in [0, 0.1) is 6.92 Å². The molecule has 0 spiro atoms. The minimum absolute atomic E-state index is 0.218. The Morgan fingerprint density at radius 3 is 2.17 bits per heavy atom. The maximum atomic E-state index is 11.8. The number of anilines is 2. The molecule has 2 fully saturated rings. The van der Waals surface area contributed by atoms with Crippen LogP contribution in [0.1, 0.15) is 32.0 Å². The fraction of sp³-hybridized carbons (Fsp3) is 0.706. The van der Waals surface area contributed by atoms with Crippen molar-refractivity contribution < 1.29 is 9.53 Å². The molecule has 7 heteroatoms. The van der Waals surface area contributed by atoms with Gasteiger partial charge in [-0.3, -0.25) is 0 Å². The van der Waals surface area contributed by atoms with Crippen LogP contribution in [0.15, 0.2) is 6.07 Å². The number of carbonyl (C=O) groups is 1. The first-order valence-electron chi connectivity index (χ1n) is 8.94. The highest BCUT2D eigenvalue weighted by Crippen LogP contribution is 2.23. The standard InChI is InChI=1S/C17H27N5O2/c1-3-24-17(23)22-11-9-21(10-12-22)16-13-15(18-14(2)19-16)20-7-5-4-6-8-20/h13H,3-12H2,1-2H3. The highest BCUT2D eigenvalue weighted by Gasteiger charge is 2.24. The van der Waals surface area contributed by atoms with Crippen molar-refractivity contribution in [2.75, 3.05) is 55.7 Å². The molecule has 0 saturated carbocycles. The first kappa shape index (κ1) is 16.8. The molecule has 0 unspecified atom stereocenters. The first-order valence-corrected chi connectivity index (χ1v) is 8.94. The Kier molecular flexibility index (Phi) is 5.37. The van der Waals surface area contributed by atoms with Crippen molar-refractivity contribution in [1.82, 2.24) is 14.9 Å². The van der Waals surface area contributed by atoms with Crippen molar-refractivity contribution >= 4 is 17.7 Å². The molecular weight excluding hydrogens is 306 g/mol. The highest BCUT2D eigenvalue weighted by molar-refractivity contribution is 5.68. The lowest BCUT2D eigenvalue weighted by molar-refractivity contribution is 0.105. The number of hydrogen-bond acceptors (Lipinski definition) is 6. The minimum Gasteiger partial charge on any atom is -0.450 e. The van der Waals surface area contributed by atoms with Crippen LogP contribution >= 0.6 is 0 Å². The SMILES string of the molecule is CCOC(=O)N1CCN(c2cc(N3CCCCC3)nc(C)n2)CC1. The van der Waals surface area contributed by atoms with E-state index >= 15 is 0 Å². The Labute approximate surface area is 143 Å². The van der Waals surface area contributed by atoms with Gasteiger partial charge in [0.25, 0.3) is 0 Å². The van der Waals surface area contributed by atoms with Crippen LogP contribution in [0.3, 0.4) is 0 Å². The van der Waals surface area contributed by atoms with E-state index < -0.39 is 0 Å². The van der Waals surface area contributed by atoms with Crippen LogP contribution in [0.5, 0.6) is 0 Å². The van der Waals surface area contributed by atoms with Crippen LogP contribution in [-0.2, 0) is 4.74 Å². The van der Waals surface area contributed by atoms with E-state index in [1.165, 1.54) is 19.3 Å². The van der Waals surface area contributed by atoms with Gasteiger partial charge < -0.3 is 19.4 Å². The second kappa shape index (κ2) is 7.68. The second-order valence-corrected chi connectivity index (χ2v) is 6.35. The molecule has 3 heterocycles. The zero-order chi connectivity index (χ0) is 16.9. The molecule has 2 aliphatic heterocycles. The number of carbonyl (C=O) groups excluding carboxylic acids is 1. The van der Waals surface area contributed by atoms with Crippen molar-refractivity contribution in [1.29, 1.82) is 0 Å². The topological polar surface area (TPSA) is 61.8 Å². The summed E-state index contributed by atoms with van der Waals surface area (Å²) < 4.78 is 5.08. The first-order chi connectivity index (χ1) is 11.7. The molecule has 24 heavy (non-hydrogen) atoms. The van der Waals surface area contributed by atoms with Crippen LogP contribution in [0.25, 0.3) is 0 Å². The van der Waals surface area contributed by atoms with Gasteiger partial charge in [-0.15, -0.1) is 0 Å². The van der Waals surface area contributed by atoms with Gasteiger partial charge in [0.15, 0.2) is 0 Å². The molecule has 7 nitrogen and oxygen atoms in total. The lowest BCUT2D eigenvalue weighted by atomic mass is 10.1. The van der Waals surface area contributed by atoms with E-state index in [-0.39, 0.29) is 6.09 Å². The molecular formula is C17H27N5O2. The van der Waals surface area contributed by atoms with Gasteiger partial charge in [-0.05, 0) is 33.1 Å². The Balaban J connectivity index is 1.67. The maximum Gasteiger partial charge on any atom is 0.409 e. The molecule has 1 aromatic rings. The summed E-state index contributed by atoms with van der Waals surface area (Å²) in [5.74, 6) is 2.80. The van der Waals surface area contributed by atoms with Gasteiger partial charge >= 0.3 is 6.09 Å². The summed E-state index contributed by atoms with van der Waals surface area (Å²) in [7, 11) is 0. The predicted molar refractivity (Wildman–Crippen MR) is 93.6 cm³/mol. The molecule has 0 aromatic carbocycles. The zero-order valence-corrected chi connectivity index (χ0v) is 14.7. The van der Waals surface area contributed by atoms with Crippen molar-refractivity contribution in [3.8, 4) is 0 Å². The maximum absolute atomic E-state index is 11.8. The minimum atomic E-state index is -0.218. The number of ether oxygens (including phenoxy) is 1. The van der Waals surface area contributed by atoms with Gasteiger partial charge in [0.05, 0.1) is 6.61 Å². The number of amides is 1. The second-order valence-electron chi connectivity index (χ2n) is 6.35. The van der Waals surface area contributed by atoms with Crippen molar-refractivity contribution in [3.63, 3.8) is 0 Å². The smallest absolute Gasteiger partial charge is 0.409 e. The quantitative estimate of drug-likeness (QED) is 0.844. The molecule has 132 valence electrons. The van der Waals surface area contributed by atoms with Crippen LogP contribution in [0.2, 0.25) is 0 Å². The molecule has 0 bridgehead atoms. The summed E-state index contributed by atoms with van der Waals surface area (Å²) in [6.45, 7) is 9.24. The third kappa shape index (κ3) is 3.88. The summed E-state index contributed by atoms with van der Waals surface area (Å²) in [5.41, 5.74) is 0. The monoisotopic (exact) mass is 333 g/mol. The van der Waals surface area contributed by atoms with Crippen molar-refractivity contribution in [2.45, 2.75) is 33.1 Å². The van der Waals surface area contributed by atoms with Crippen molar-refractivity contribution in [2.24, 2.45) is 0 Å². The summed E-state index contributed by atoms with van der Waals surface area (Å²) in [6, 6.07) is 2.10. The van der Waals surface area contributed by atoms with E-state index in [0.717, 1.165) is 43.6 Å². The normalized spacial score (nSPS) is 18.7. The highest BCUT2D eigenvalue weighted by atomic mass is 16.6. The number of aryl methyl sites for hydroxylation is 1. The Bertz CT molecular complexity index is 566. The zero-order valence-electron chi connectivity index (χ0n) is 14.7. The van der Waals surface area contributed by atoms with E-state index in [1.807, 2.05) is 13.8 Å². The van der Waals surface area contributed by atoms with E-state index in [1.54, 1.807) is 4.90 Å². The summed E-state index contributed by atoms with van der Waals surface area (Å²) >= 11 is 0. The number of piperidine rings is 1. The van der Waals surface area contributed by atoms with E-state index in [4.69, 9.17) is 4.74 Å². The third-order valence-corrected chi connectivity index (χ3v) is 4.62. The summed E-state index contributed by atoms with van der Waals surface area (Å²) in [5, 5.41) is 0. The molecule has 0 atom stereocenters. The average Bonchev–Trinajstić information content (AvgIpc) is 2.62. The number of hydrogen-bond donors (Lipinski definition) is 0. The molecule has 2 aliphatic rings. The van der Waals surface area contributed by atoms with Crippen LogP contribution in [0.4, 0.5) is 16.4 Å². The summed E-state index contributed by atoms with van der Waals surface area (Å²) in [4.78, 5) is 27.4. The third-order valence-electron chi connectivity index (χ3n) is 4.62. The predicted octanol–water partition coefficient (Wildman–Crippen LogP) is 2.05. The number of nitrogens with zero attached hydrogens (tertiary/aromatic N) is 5. The number of aromatic nitrogens is 2. The molecule has 1 amide bonds. The fourth-order valence-electron chi connectivity index (χ4n) is 3.32. The van der Waals surface area contributed by atoms with Gasteiger partial charge in [0.2, 0.25) is 0 Å². The van der Waals surface area contributed by atoms with Crippen LogP contribution in [-0.4, -0.2) is 66.8 Å². The fourth-order valence-corrected chi connectivity index (χ4v) is 3.32. The number of piperazine rings is 1. The van der Waals surface area contributed by atoms with Gasteiger partial charge in [0, 0.05) is 45.3 Å².